The lowest BCUT2D eigenvalue weighted by atomic mass is 10.2. The molecule has 4 nitrogen and oxygen atoms in total. The number of anilines is 2. The SMILES string of the molecule is Cc1ccc(Nc2ccnc(C(=O)NCc3ccccc3)c2)cc1Cl. The number of amides is 1. The minimum absolute atomic E-state index is 0.213. The fraction of sp³-hybridized carbons (Fsp3) is 0.100. The van der Waals surface area contributed by atoms with Crippen LogP contribution in [0.5, 0.6) is 0 Å². The molecule has 0 aliphatic carbocycles. The first-order valence-corrected chi connectivity index (χ1v) is 8.31. The van der Waals surface area contributed by atoms with E-state index < -0.39 is 0 Å². The van der Waals surface area contributed by atoms with Gasteiger partial charge >= 0.3 is 0 Å². The molecule has 0 fully saturated rings. The summed E-state index contributed by atoms with van der Waals surface area (Å²) in [5.41, 5.74) is 4.05. The zero-order valence-electron chi connectivity index (χ0n) is 13.8. The Bertz CT molecular complexity index is 881. The highest BCUT2D eigenvalue weighted by Crippen LogP contribution is 2.23. The minimum Gasteiger partial charge on any atom is -0.355 e. The second-order valence-electron chi connectivity index (χ2n) is 5.69. The van der Waals surface area contributed by atoms with E-state index in [4.69, 9.17) is 11.6 Å². The van der Waals surface area contributed by atoms with E-state index in [9.17, 15) is 4.79 Å². The maximum Gasteiger partial charge on any atom is 0.270 e. The number of pyridine rings is 1. The third-order valence-corrected chi connectivity index (χ3v) is 4.16. The second-order valence-corrected chi connectivity index (χ2v) is 6.09. The van der Waals surface area contributed by atoms with Gasteiger partial charge in [0.05, 0.1) is 0 Å². The highest BCUT2D eigenvalue weighted by atomic mass is 35.5. The summed E-state index contributed by atoms with van der Waals surface area (Å²) in [6.45, 7) is 2.42. The zero-order chi connectivity index (χ0) is 17.6. The van der Waals surface area contributed by atoms with E-state index in [1.807, 2.05) is 61.5 Å². The van der Waals surface area contributed by atoms with E-state index in [0.29, 0.717) is 17.3 Å². The molecule has 0 bridgehead atoms. The fourth-order valence-corrected chi connectivity index (χ4v) is 2.52. The highest BCUT2D eigenvalue weighted by Gasteiger charge is 2.08. The van der Waals surface area contributed by atoms with Crippen LogP contribution in [0.2, 0.25) is 5.02 Å². The topological polar surface area (TPSA) is 54.0 Å². The van der Waals surface area contributed by atoms with Gasteiger partial charge in [-0.05, 0) is 42.3 Å². The Kier molecular flexibility index (Phi) is 5.31. The standard InChI is InChI=1S/C20H18ClN3O/c1-14-7-8-16(11-18(14)21)24-17-9-10-22-19(12-17)20(25)23-13-15-5-3-2-4-6-15/h2-12H,13H2,1H3,(H,22,24)(H,23,25). The third-order valence-electron chi connectivity index (χ3n) is 3.75. The normalized spacial score (nSPS) is 10.3. The number of aromatic nitrogens is 1. The van der Waals surface area contributed by atoms with Crippen molar-refractivity contribution in [2.24, 2.45) is 0 Å². The molecule has 1 amide bonds. The van der Waals surface area contributed by atoms with Crippen molar-refractivity contribution in [3.8, 4) is 0 Å². The van der Waals surface area contributed by atoms with Crippen molar-refractivity contribution < 1.29 is 4.79 Å². The summed E-state index contributed by atoms with van der Waals surface area (Å²) in [5.74, 6) is -0.213. The van der Waals surface area contributed by atoms with Crippen LogP contribution >= 0.6 is 11.6 Å². The maximum absolute atomic E-state index is 12.3. The molecule has 0 radical (unpaired) electrons. The average Bonchev–Trinajstić information content (AvgIpc) is 2.64. The van der Waals surface area contributed by atoms with Crippen molar-refractivity contribution >= 4 is 28.9 Å². The number of hydrogen-bond acceptors (Lipinski definition) is 3. The van der Waals surface area contributed by atoms with Crippen molar-refractivity contribution in [1.29, 1.82) is 0 Å². The Labute approximate surface area is 151 Å². The molecule has 0 saturated heterocycles. The van der Waals surface area contributed by atoms with Gasteiger partial charge in [0.25, 0.3) is 5.91 Å². The first-order chi connectivity index (χ1) is 12.1. The average molecular weight is 352 g/mol. The van der Waals surface area contributed by atoms with E-state index in [1.165, 1.54) is 0 Å². The monoisotopic (exact) mass is 351 g/mol. The van der Waals surface area contributed by atoms with Crippen LogP contribution in [0.15, 0.2) is 66.9 Å². The van der Waals surface area contributed by atoms with Crippen LogP contribution < -0.4 is 10.6 Å². The van der Waals surface area contributed by atoms with Crippen LogP contribution in [-0.4, -0.2) is 10.9 Å². The molecule has 3 aromatic rings. The molecule has 126 valence electrons. The molecular formula is C20H18ClN3O. The number of nitrogens with zero attached hydrogens (tertiary/aromatic N) is 1. The van der Waals surface area contributed by atoms with Crippen molar-refractivity contribution in [2.75, 3.05) is 5.32 Å². The number of nitrogens with one attached hydrogen (secondary N) is 2. The van der Waals surface area contributed by atoms with Gasteiger partial charge in [-0.2, -0.15) is 0 Å². The van der Waals surface area contributed by atoms with Crippen LogP contribution in [0.1, 0.15) is 21.6 Å². The number of rotatable bonds is 5. The molecule has 5 heteroatoms. The minimum atomic E-state index is -0.213. The molecule has 0 unspecified atom stereocenters. The Hall–Kier alpha value is -2.85. The predicted molar refractivity (Wildman–Crippen MR) is 101 cm³/mol. The summed E-state index contributed by atoms with van der Waals surface area (Å²) in [4.78, 5) is 16.4. The van der Waals surface area contributed by atoms with Crippen LogP contribution in [0.4, 0.5) is 11.4 Å². The number of aryl methyl sites for hydroxylation is 1. The summed E-state index contributed by atoms with van der Waals surface area (Å²) >= 11 is 6.14. The van der Waals surface area contributed by atoms with E-state index in [0.717, 1.165) is 22.5 Å². The van der Waals surface area contributed by atoms with Crippen LogP contribution in [0, 0.1) is 6.92 Å². The predicted octanol–water partition coefficient (Wildman–Crippen LogP) is 4.72. The van der Waals surface area contributed by atoms with E-state index >= 15 is 0 Å². The number of halogens is 1. The third kappa shape index (κ3) is 4.58. The largest absolute Gasteiger partial charge is 0.355 e. The van der Waals surface area contributed by atoms with Gasteiger partial charge in [0, 0.05) is 29.1 Å². The first-order valence-electron chi connectivity index (χ1n) is 7.93. The summed E-state index contributed by atoms with van der Waals surface area (Å²) in [5, 5.41) is 6.80. The molecule has 0 aliphatic heterocycles. The lowest BCUT2D eigenvalue weighted by Crippen LogP contribution is -2.23. The zero-order valence-corrected chi connectivity index (χ0v) is 14.5. The Balaban J connectivity index is 1.68. The van der Waals surface area contributed by atoms with Gasteiger partial charge in [-0.1, -0.05) is 48.0 Å². The van der Waals surface area contributed by atoms with Gasteiger partial charge in [-0.25, -0.2) is 0 Å². The van der Waals surface area contributed by atoms with Crippen molar-refractivity contribution in [3.05, 3.63) is 88.7 Å². The molecule has 25 heavy (non-hydrogen) atoms. The number of benzene rings is 2. The molecule has 1 heterocycles. The van der Waals surface area contributed by atoms with Crippen LogP contribution in [0.3, 0.4) is 0 Å². The van der Waals surface area contributed by atoms with E-state index in [1.54, 1.807) is 12.3 Å². The molecule has 0 atom stereocenters. The maximum atomic E-state index is 12.3. The van der Waals surface area contributed by atoms with Crippen molar-refractivity contribution in [2.45, 2.75) is 13.5 Å². The van der Waals surface area contributed by atoms with Gasteiger partial charge in [-0.15, -0.1) is 0 Å². The summed E-state index contributed by atoms with van der Waals surface area (Å²) in [7, 11) is 0. The smallest absolute Gasteiger partial charge is 0.270 e. The lowest BCUT2D eigenvalue weighted by molar-refractivity contribution is 0.0946. The molecule has 3 rings (SSSR count). The Morgan fingerprint density at radius 3 is 2.56 bits per heavy atom. The lowest BCUT2D eigenvalue weighted by Gasteiger charge is -2.10. The Morgan fingerprint density at radius 2 is 1.80 bits per heavy atom. The second kappa shape index (κ2) is 7.81. The van der Waals surface area contributed by atoms with Crippen molar-refractivity contribution in [3.63, 3.8) is 0 Å². The molecule has 0 spiro atoms. The van der Waals surface area contributed by atoms with Gasteiger partial charge in [-0.3, -0.25) is 9.78 Å². The highest BCUT2D eigenvalue weighted by molar-refractivity contribution is 6.31. The summed E-state index contributed by atoms with van der Waals surface area (Å²) in [6.07, 6.45) is 1.61. The van der Waals surface area contributed by atoms with E-state index in [2.05, 4.69) is 15.6 Å². The Morgan fingerprint density at radius 1 is 1.04 bits per heavy atom. The number of carbonyl (C=O) groups is 1. The van der Waals surface area contributed by atoms with Crippen LogP contribution in [0.25, 0.3) is 0 Å². The van der Waals surface area contributed by atoms with Gasteiger partial charge in [0.2, 0.25) is 0 Å². The molecule has 1 aromatic heterocycles. The molecule has 0 aliphatic rings. The summed E-state index contributed by atoms with van der Waals surface area (Å²) in [6, 6.07) is 19.0. The molecule has 2 N–H and O–H groups in total. The quantitative estimate of drug-likeness (QED) is 0.699. The molecular weight excluding hydrogens is 334 g/mol. The summed E-state index contributed by atoms with van der Waals surface area (Å²) < 4.78 is 0. The number of hydrogen-bond donors (Lipinski definition) is 2. The van der Waals surface area contributed by atoms with E-state index in [-0.39, 0.29) is 5.91 Å². The fourth-order valence-electron chi connectivity index (χ4n) is 2.34. The van der Waals surface area contributed by atoms with Gasteiger partial charge in [0.1, 0.15) is 5.69 Å². The number of carbonyl (C=O) groups excluding carboxylic acids is 1. The van der Waals surface area contributed by atoms with Gasteiger partial charge in [0.15, 0.2) is 0 Å². The molecule has 0 saturated carbocycles. The van der Waals surface area contributed by atoms with Crippen molar-refractivity contribution in [1.82, 2.24) is 10.3 Å². The first kappa shape index (κ1) is 17.0. The van der Waals surface area contributed by atoms with Crippen LogP contribution in [-0.2, 0) is 6.54 Å². The molecule has 2 aromatic carbocycles. The van der Waals surface area contributed by atoms with Gasteiger partial charge < -0.3 is 10.6 Å².